The van der Waals surface area contributed by atoms with Crippen molar-refractivity contribution in [3.63, 3.8) is 0 Å². The van der Waals surface area contributed by atoms with Gasteiger partial charge in [0.15, 0.2) is 0 Å². The molecule has 0 saturated heterocycles. The smallest absolute Gasteiger partial charge is 0.313 e. The lowest BCUT2D eigenvalue weighted by molar-refractivity contribution is -0.136. The Balaban J connectivity index is 1.86. The van der Waals surface area contributed by atoms with Crippen LogP contribution in [-0.2, 0) is 9.59 Å². The van der Waals surface area contributed by atoms with Gasteiger partial charge in [0, 0.05) is 6.54 Å². The predicted molar refractivity (Wildman–Crippen MR) is 71.5 cm³/mol. The number of carbonyl (C=O) groups excluding carboxylic acids is 2. The first-order valence-electron chi connectivity index (χ1n) is 6.56. The first-order chi connectivity index (χ1) is 9.50. The number of anilines is 1. The molecule has 0 atom stereocenters. The fourth-order valence-electron chi connectivity index (χ4n) is 2.28. The second-order valence-electron chi connectivity index (χ2n) is 5.05. The molecule has 1 aliphatic rings. The van der Waals surface area contributed by atoms with Crippen LogP contribution in [0.15, 0.2) is 24.3 Å². The molecule has 0 radical (unpaired) electrons. The van der Waals surface area contributed by atoms with E-state index in [2.05, 4.69) is 10.6 Å². The molecular formula is C14H17FN2O3. The van der Waals surface area contributed by atoms with Crippen LogP contribution in [0.2, 0.25) is 0 Å². The number of rotatable bonds is 3. The third kappa shape index (κ3) is 3.54. The van der Waals surface area contributed by atoms with E-state index in [1.165, 1.54) is 18.2 Å². The van der Waals surface area contributed by atoms with Gasteiger partial charge in [-0.2, -0.15) is 0 Å². The summed E-state index contributed by atoms with van der Waals surface area (Å²) in [5.74, 6) is -2.44. The molecular weight excluding hydrogens is 263 g/mol. The van der Waals surface area contributed by atoms with Crippen LogP contribution < -0.4 is 10.6 Å². The number of benzene rings is 1. The monoisotopic (exact) mass is 280 g/mol. The van der Waals surface area contributed by atoms with Gasteiger partial charge in [0.05, 0.1) is 11.3 Å². The van der Waals surface area contributed by atoms with Crippen molar-refractivity contribution in [3.8, 4) is 0 Å². The lowest BCUT2D eigenvalue weighted by atomic mass is 10.0. The van der Waals surface area contributed by atoms with E-state index >= 15 is 0 Å². The predicted octanol–water partition coefficient (Wildman–Crippen LogP) is 1.19. The number of hydrogen-bond donors (Lipinski definition) is 3. The standard InChI is InChI=1S/C14H17FN2O3/c15-10-5-1-2-6-11(10)17-13(19)12(18)16-9-14(20)7-3-4-8-14/h1-2,5-6,20H,3-4,7-9H2,(H,16,18)(H,17,19). The van der Waals surface area contributed by atoms with Crippen LogP contribution in [0.4, 0.5) is 10.1 Å². The van der Waals surface area contributed by atoms with Crippen LogP contribution >= 0.6 is 0 Å². The van der Waals surface area contributed by atoms with E-state index in [1.807, 2.05) is 0 Å². The summed E-state index contributed by atoms with van der Waals surface area (Å²) < 4.78 is 13.3. The fraction of sp³-hybridized carbons (Fsp3) is 0.429. The van der Waals surface area contributed by atoms with Gasteiger partial charge in [0.25, 0.3) is 0 Å². The molecule has 1 aliphatic carbocycles. The number of amides is 2. The van der Waals surface area contributed by atoms with Gasteiger partial charge in [-0.3, -0.25) is 9.59 Å². The molecule has 0 aromatic heterocycles. The van der Waals surface area contributed by atoms with Crippen molar-refractivity contribution < 1.29 is 19.1 Å². The Hall–Kier alpha value is -1.95. The maximum atomic E-state index is 13.3. The van der Waals surface area contributed by atoms with Gasteiger partial charge in [-0.15, -0.1) is 0 Å². The van der Waals surface area contributed by atoms with Crippen molar-refractivity contribution in [2.45, 2.75) is 31.3 Å². The third-order valence-corrected chi connectivity index (χ3v) is 3.44. The van der Waals surface area contributed by atoms with Crippen molar-refractivity contribution in [3.05, 3.63) is 30.1 Å². The van der Waals surface area contributed by atoms with E-state index < -0.39 is 23.2 Å². The Morgan fingerprint density at radius 3 is 2.50 bits per heavy atom. The fourth-order valence-corrected chi connectivity index (χ4v) is 2.28. The second-order valence-corrected chi connectivity index (χ2v) is 5.05. The van der Waals surface area contributed by atoms with Crippen molar-refractivity contribution in [1.82, 2.24) is 5.32 Å². The highest BCUT2D eigenvalue weighted by Crippen LogP contribution is 2.28. The van der Waals surface area contributed by atoms with Crippen molar-refractivity contribution in [2.75, 3.05) is 11.9 Å². The molecule has 1 aromatic rings. The number of hydrogen-bond acceptors (Lipinski definition) is 3. The van der Waals surface area contributed by atoms with E-state index in [-0.39, 0.29) is 12.2 Å². The van der Waals surface area contributed by atoms with E-state index in [0.29, 0.717) is 12.8 Å². The minimum absolute atomic E-state index is 0.0382. The molecule has 0 unspecified atom stereocenters. The normalized spacial score (nSPS) is 16.7. The molecule has 108 valence electrons. The number of halogens is 1. The molecule has 1 saturated carbocycles. The molecule has 0 aliphatic heterocycles. The average molecular weight is 280 g/mol. The molecule has 6 heteroatoms. The zero-order chi connectivity index (χ0) is 14.6. The number of para-hydroxylation sites is 1. The zero-order valence-corrected chi connectivity index (χ0v) is 11.0. The maximum absolute atomic E-state index is 13.3. The Bertz CT molecular complexity index is 513. The minimum Gasteiger partial charge on any atom is -0.388 e. The Morgan fingerprint density at radius 2 is 1.85 bits per heavy atom. The number of aliphatic hydroxyl groups is 1. The van der Waals surface area contributed by atoms with Gasteiger partial charge >= 0.3 is 11.8 Å². The topological polar surface area (TPSA) is 78.4 Å². The largest absolute Gasteiger partial charge is 0.388 e. The maximum Gasteiger partial charge on any atom is 0.313 e. The summed E-state index contributed by atoms with van der Waals surface area (Å²) in [6.07, 6.45) is 3.05. The molecule has 20 heavy (non-hydrogen) atoms. The van der Waals surface area contributed by atoms with Gasteiger partial charge in [0.1, 0.15) is 5.82 Å². The van der Waals surface area contributed by atoms with Crippen LogP contribution in [0, 0.1) is 5.82 Å². The van der Waals surface area contributed by atoms with Gasteiger partial charge in [-0.1, -0.05) is 25.0 Å². The van der Waals surface area contributed by atoms with Crippen LogP contribution in [0.5, 0.6) is 0 Å². The Kier molecular flexibility index (Phi) is 4.34. The summed E-state index contributed by atoms with van der Waals surface area (Å²) in [6.45, 7) is 0.0382. The van der Waals surface area contributed by atoms with Gasteiger partial charge in [0.2, 0.25) is 0 Å². The first-order valence-corrected chi connectivity index (χ1v) is 6.56. The van der Waals surface area contributed by atoms with Crippen LogP contribution in [0.1, 0.15) is 25.7 Å². The Labute approximate surface area is 116 Å². The number of nitrogens with one attached hydrogen (secondary N) is 2. The van der Waals surface area contributed by atoms with Crippen molar-refractivity contribution >= 4 is 17.5 Å². The highest BCUT2D eigenvalue weighted by molar-refractivity contribution is 6.39. The summed E-state index contributed by atoms with van der Waals surface area (Å²) in [5.41, 5.74) is -0.972. The molecule has 0 bridgehead atoms. The zero-order valence-electron chi connectivity index (χ0n) is 11.0. The highest BCUT2D eigenvalue weighted by atomic mass is 19.1. The van der Waals surface area contributed by atoms with Crippen LogP contribution in [0.3, 0.4) is 0 Å². The van der Waals surface area contributed by atoms with Crippen LogP contribution in [0.25, 0.3) is 0 Å². The summed E-state index contributed by atoms with van der Waals surface area (Å²) >= 11 is 0. The molecule has 5 nitrogen and oxygen atoms in total. The molecule has 0 heterocycles. The number of carbonyl (C=O) groups is 2. The van der Waals surface area contributed by atoms with Crippen molar-refractivity contribution in [2.24, 2.45) is 0 Å². The molecule has 2 amide bonds. The second kappa shape index (κ2) is 6.00. The van der Waals surface area contributed by atoms with Gasteiger partial charge in [-0.05, 0) is 25.0 Å². The molecule has 1 fully saturated rings. The first kappa shape index (κ1) is 14.5. The van der Waals surface area contributed by atoms with E-state index in [0.717, 1.165) is 12.8 Å². The molecule has 1 aromatic carbocycles. The van der Waals surface area contributed by atoms with E-state index in [9.17, 15) is 19.1 Å². The lowest BCUT2D eigenvalue weighted by Crippen LogP contribution is -2.44. The van der Waals surface area contributed by atoms with Crippen molar-refractivity contribution in [1.29, 1.82) is 0 Å². The lowest BCUT2D eigenvalue weighted by Gasteiger charge is -2.22. The van der Waals surface area contributed by atoms with E-state index in [1.54, 1.807) is 6.07 Å². The highest BCUT2D eigenvalue weighted by Gasteiger charge is 2.32. The molecule has 0 spiro atoms. The Morgan fingerprint density at radius 1 is 1.20 bits per heavy atom. The summed E-state index contributed by atoms with van der Waals surface area (Å²) in [5, 5.41) is 14.6. The van der Waals surface area contributed by atoms with E-state index in [4.69, 9.17) is 0 Å². The quantitative estimate of drug-likeness (QED) is 0.728. The van der Waals surface area contributed by atoms with Gasteiger partial charge < -0.3 is 15.7 Å². The molecule has 3 N–H and O–H groups in total. The summed E-state index contributed by atoms with van der Waals surface area (Å²) in [4.78, 5) is 23.2. The average Bonchev–Trinajstić information content (AvgIpc) is 2.86. The van der Waals surface area contributed by atoms with Crippen LogP contribution in [-0.4, -0.2) is 29.1 Å². The SMILES string of the molecule is O=C(NCC1(O)CCCC1)C(=O)Nc1ccccc1F. The molecule has 2 rings (SSSR count). The summed E-state index contributed by atoms with van der Waals surface area (Å²) in [6, 6.07) is 5.60. The third-order valence-electron chi connectivity index (χ3n) is 3.44. The van der Waals surface area contributed by atoms with Gasteiger partial charge in [-0.25, -0.2) is 4.39 Å². The summed E-state index contributed by atoms with van der Waals surface area (Å²) in [7, 11) is 0. The minimum atomic E-state index is -0.948.